The molecule has 0 radical (unpaired) electrons. The molecule has 2 aromatic heterocycles. The van der Waals surface area contributed by atoms with Gasteiger partial charge in [-0.05, 0) is 36.8 Å². The molecule has 0 fully saturated rings. The van der Waals surface area contributed by atoms with Crippen molar-refractivity contribution in [2.24, 2.45) is 0 Å². The van der Waals surface area contributed by atoms with Gasteiger partial charge in [-0.1, -0.05) is 77.1 Å². The summed E-state index contributed by atoms with van der Waals surface area (Å²) in [7, 11) is 1.66. The number of aryl methyl sites for hydroxylation is 1. The lowest BCUT2D eigenvalue weighted by atomic mass is 10.1. The minimum atomic E-state index is 0.484. The minimum Gasteiger partial charge on any atom is -0.496 e. The number of para-hydroxylation sites is 1. The molecule has 0 amide bonds. The number of rotatable bonds is 8. The Kier molecular flexibility index (Phi) is 6.40. The van der Waals surface area contributed by atoms with Gasteiger partial charge < -0.3 is 9.26 Å². The molecule has 0 aliphatic rings. The Bertz CT molecular complexity index is 1380. The number of nitrogens with zero attached hydrogens (tertiary/aromatic N) is 5. The Hall–Kier alpha value is -3.91. The average Bonchev–Trinajstić information content (AvgIpc) is 3.50. The van der Waals surface area contributed by atoms with E-state index in [9.17, 15) is 0 Å². The van der Waals surface area contributed by atoms with Crippen LogP contribution in [0, 0.1) is 6.92 Å². The average molecular weight is 470 g/mol. The zero-order chi connectivity index (χ0) is 23.3. The Morgan fingerprint density at radius 2 is 1.68 bits per heavy atom. The van der Waals surface area contributed by atoms with Crippen LogP contribution in [0.4, 0.5) is 0 Å². The van der Waals surface area contributed by atoms with Crippen LogP contribution in [0.15, 0.2) is 88.5 Å². The van der Waals surface area contributed by atoms with E-state index >= 15 is 0 Å². The van der Waals surface area contributed by atoms with Crippen LogP contribution < -0.4 is 4.74 Å². The number of aromatic nitrogens is 5. The number of ether oxygens (including phenoxy) is 1. The molecule has 7 nitrogen and oxygen atoms in total. The molecule has 3 aromatic carbocycles. The number of methoxy groups -OCH3 is 1. The molecule has 0 spiro atoms. The fourth-order valence-corrected chi connectivity index (χ4v) is 4.41. The molecular formula is C26H23N5O2S. The van der Waals surface area contributed by atoms with Crippen molar-refractivity contribution >= 4 is 11.8 Å². The zero-order valence-electron chi connectivity index (χ0n) is 18.9. The maximum absolute atomic E-state index is 5.58. The Labute approximate surface area is 201 Å². The summed E-state index contributed by atoms with van der Waals surface area (Å²) in [6.07, 6.45) is 0.631. The molecule has 5 aromatic rings. The summed E-state index contributed by atoms with van der Waals surface area (Å²) in [5.41, 5.74) is 4.16. The van der Waals surface area contributed by atoms with Crippen molar-refractivity contribution in [1.82, 2.24) is 24.9 Å². The van der Waals surface area contributed by atoms with Gasteiger partial charge in [0.15, 0.2) is 16.8 Å². The highest BCUT2D eigenvalue weighted by atomic mass is 32.2. The van der Waals surface area contributed by atoms with Crippen molar-refractivity contribution < 1.29 is 9.26 Å². The lowest BCUT2D eigenvalue weighted by molar-refractivity contribution is 0.385. The summed E-state index contributed by atoms with van der Waals surface area (Å²) >= 11 is 1.50. The first-order valence-corrected chi connectivity index (χ1v) is 11.8. The van der Waals surface area contributed by atoms with Gasteiger partial charge in [-0.15, -0.1) is 10.2 Å². The smallest absolute Gasteiger partial charge is 0.237 e. The SMILES string of the molecule is COc1ccccc1-c1nnc(SCc2nc(Cc3ccccc3)no2)n1-c1ccc(C)cc1. The van der Waals surface area contributed by atoms with Gasteiger partial charge in [-0.3, -0.25) is 4.57 Å². The summed E-state index contributed by atoms with van der Waals surface area (Å²) in [6.45, 7) is 2.06. The first-order valence-electron chi connectivity index (χ1n) is 10.9. The minimum absolute atomic E-state index is 0.484. The molecule has 0 atom stereocenters. The maximum atomic E-state index is 5.58. The van der Waals surface area contributed by atoms with Crippen molar-refractivity contribution in [2.75, 3.05) is 7.11 Å². The van der Waals surface area contributed by atoms with Gasteiger partial charge in [0.1, 0.15) is 5.75 Å². The van der Waals surface area contributed by atoms with E-state index in [0.717, 1.165) is 27.7 Å². The Balaban J connectivity index is 1.43. The Morgan fingerprint density at radius 1 is 0.912 bits per heavy atom. The molecule has 0 bridgehead atoms. The molecule has 8 heteroatoms. The molecular weight excluding hydrogens is 446 g/mol. The monoisotopic (exact) mass is 469 g/mol. The molecule has 0 unspecified atom stereocenters. The van der Waals surface area contributed by atoms with Crippen molar-refractivity contribution in [3.8, 4) is 22.8 Å². The Morgan fingerprint density at radius 3 is 2.47 bits per heavy atom. The number of hydrogen-bond acceptors (Lipinski definition) is 7. The van der Waals surface area contributed by atoms with Crippen LogP contribution in [0.3, 0.4) is 0 Å². The molecule has 2 heterocycles. The third kappa shape index (κ3) is 4.72. The van der Waals surface area contributed by atoms with Gasteiger partial charge in [-0.25, -0.2) is 0 Å². The topological polar surface area (TPSA) is 78.9 Å². The lowest BCUT2D eigenvalue weighted by Gasteiger charge is -2.12. The third-order valence-electron chi connectivity index (χ3n) is 5.31. The molecule has 0 saturated carbocycles. The summed E-state index contributed by atoms with van der Waals surface area (Å²) < 4.78 is 13.1. The molecule has 5 rings (SSSR count). The van der Waals surface area contributed by atoms with Gasteiger partial charge in [0.2, 0.25) is 5.89 Å². The first-order chi connectivity index (χ1) is 16.7. The standard InChI is InChI=1S/C26H23N5O2S/c1-18-12-14-20(15-13-18)31-25(21-10-6-7-11-22(21)32-2)28-29-26(31)34-17-24-27-23(30-33-24)16-19-8-4-3-5-9-19/h3-15H,16-17H2,1-2H3. The summed E-state index contributed by atoms with van der Waals surface area (Å²) in [4.78, 5) is 4.55. The van der Waals surface area contributed by atoms with E-state index in [2.05, 4.69) is 51.5 Å². The second-order valence-electron chi connectivity index (χ2n) is 7.73. The predicted molar refractivity (Wildman–Crippen MR) is 131 cm³/mol. The van der Waals surface area contributed by atoms with E-state index in [1.165, 1.54) is 17.3 Å². The summed E-state index contributed by atoms with van der Waals surface area (Å²) in [5.74, 6) is 3.14. The fourth-order valence-electron chi connectivity index (χ4n) is 3.62. The molecule has 34 heavy (non-hydrogen) atoms. The van der Waals surface area contributed by atoms with E-state index in [0.29, 0.717) is 29.7 Å². The van der Waals surface area contributed by atoms with Crippen LogP contribution in [-0.4, -0.2) is 32.0 Å². The van der Waals surface area contributed by atoms with Crippen LogP contribution in [0.25, 0.3) is 17.1 Å². The normalized spacial score (nSPS) is 11.0. The molecule has 0 aliphatic carbocycles. The van der Waals surface area contributed by atoms with E-state index in [-0.39, 0.29) is 0 Å². The zero-order valence-corrected chi connectivity index (χ0v) is 19.7. The van der Waals surface area contributed by atoms with E-state index in [1.54, 1.807) is 7.11 Å². The van der Waals surface area contributed by atoms with Crippen molar-refractivity contribution in [2.45, 2.75) is 24.3 Å². The van der Waals surface area contributed by atoms with E-state index < -0.39 is 0 Å². The van der Waals surface area contributed by atoms with Crippen LogP contribution in [-0.2, 0) is 12.2 Å². The molecule has 0 aliphatic heterocycles. The van der Waals surface area contributed by atoms with Gasteiger partial charge >= 0.3 is 0 Å². The summed E-state index contributed by atoms with van der Waals surface area (Å²) in [5, 5.41) is 13.9. The molecule has 0 saturated heterocycles. The summed E-state index contributed by atoms with van der Waals surface area (Å²) in [6, 6.07) is 26.2. The largest absolute Gasteiger partial charge is 0.496 e. The third-order valence-corrected chi connectivity index (χ3v) is 6.23. The number of thioether (sulfide) groups is 1. The second-order valence-corrected chi connectivity index (χ2v) is 8.68. The highest BCUT2D eigenvalue weighted by Crippen LogP contribution is 2.34. The second kappa shape index (κ2) is 9.93. The van der Waals surface area contributed by atoms with Crippen LogP contribution >= 0.6 is 11.8 Å². The molecule has 170 valence electrons. The van der Waals surface area contributed by atoms with Gasteiger partial charge in [0.05, 0.1) is 18.4 Å². The van der Waals surface area contributed by atoms with E-state index in [1.807, 2.05) is 59.2 Å². The quantitative estimate of drug-likeness (QED) is 0.277. The number of benzene rings is 3. The van der Waals surface area contributed by atoms with E-state index in [4.69, 9.17) is 9.26 Å². The number of hydrogen-bond donors (Lipinski definition) is 0. The predicted octanol–water partition coefficient (Wildman–Crippen LogP) is 5.52. The van der Waals surface area contributed by atoms with Crippen LogP contribution in [0.2, 0.25) is 0 Å². The van der Waals surface area contributed by atoms with Crippen LogP contribution in [0.1, 0.15) is 22.8 Å². The maximum Gasteiger partial charge on any atom is 0.237 e. The van der Waals surface area contributed by atoms with Gasteiger partial charge in [0, 0.05) is 12.1 Å². The molecule has 0 N–H and O–H groups in total. The first kappa shape index (κ1) is 21.9. The van der Waals surface area contributed by atoms with Gasteiger partial charge in [-0.2, -0.15) is 4.98 Å². The van der Waals surface area contributed by atoms with Crippen molar-refractivity contribution in [1.29, 1.82) is 0 Å². The van der Waals surface area contributed by atoms with Gasteiger partial charge in [0.25, 0.3) is 0 Å². The van der Waals surface area contributed by atoms with Crippen LogP contribution in [0.5, 0.6) is 5.75 Å². The highest BCUT2D eigenvalue weighted by Gasteiger charge is 2.20. The van der Waals surface area contributed by atoms with Crippen molar-refractivity contribution in [3.05, 3.63) is 102 Å². The lowest BCUT2D eigenvalue weighted by Crippen LogP contribution is -2.01. The fraction of sp³-hybridized carbons (Fsp3) is 0.154. The highest BCUT2D eigenvalue weighted by molar-refractivity contribution is 7.98. The van der Waals surface area contributed by atoms with Crippen molar-refractivity contribution in [3.63, 3.8) is 0 Å².